The van der Waals surface area contributed by atoms with Crippen LogP contribution < -0.4 is 10.3 Å². The summed E-state index contributed by atoms with van der Waals surface area (Å²) in [5, 5.41) is 13.5. The van der Waals surface area contributed by atoms with Crippen LogP contribution in [0.5, 0.6) is 5.88 Å². The van der Waals surface area contributed by atoms with Gasteiger partial charge in [-0.25, -0.2) is 4.68 Å². The Bertz CT molecular complexity index is 379. The summed E-state index contributed by atoms with van der Waals surface area (Å²) >= 11 is 0. The molecule has 0 aliphatic heterocycles. The van der Waals surface area contributed by atoms with Crippen LogP contribution in [-0.2, 0) is 6.54 Å². The zero-order chi connectivity index (χ0) is 11.5. The molecule has 5 nitrogen and oxygen atoms in total. The van der Waals surface area contributed by atoms with Crippen LogP contribution in [-0.4, -0.2) is 27.6 Å². The van der Waals surface area contributed by atoms with Crippen LogP contribution in [0.15, 0.2) is 16.9 Å². The summed E-state index contributed by atoms with van der Waals surface area (Å²) in [6.45, 7) is 3.76. The summed E-state index contributed by atoms with van der Waals surface area (Å²) in [5.41, 5.74) is -0.996. The number of aromatic nitrogens is 2. The molecule has 0 aromatic carbocycles. The van der Waals surface area contributed by atoms with E-state index in [1.165, 1.54) is 23.9 Å². The SMILES string of the molecule is COc1ccc(=O)n(CCC(C)(C)O)n1. The molecule has 1 aromatic rings. The molecule has 0 aliphatic rings. The molecule has 0 saturated carbocycles. The van der Waals surface area contributed by atoms with Gasteiger partial charge in [-0.15, -0.1) is 5.10 Å². The van der Waals surface area contributed by atoms with Crippen molar-refractivity contribution in [3.63, 3.8) is 0 Å². The van der Waals surface area contributed by atoms with Gasteiger partial charge in [-0.1, -0.05) is 0 Å². The third-order valence-electron chi connectivity index (χ3n) is 1.99. The normalized spacial score (nSPS) is 11.5. The number of ether oxygens (including phenoxy) is 1. The predicted octanol–water partition coefficient (Wildman–Crippen LogP) is 0.413. The number of nitrogens with zero attached hydrogens (tertiary/aromatic N) is 2. The minimum Gasteiger partial charge on any atom is -0.480 e. The van der Waals surface area contributed by atoms with E-state index in [4.69, 9.17) is 4.74 Å². The van der Waals surface area contributed by atoms with Crippen molar-refractivity contribution in [3.05, 3.63) is 22.5 Å². The van der Waals surface area contributed by atoms with E-state index in [1.54, 1.807) is 13.8 Å². The maximum atomic E-state index is 11.4. The average Bonchev–Trinajstić information content (AvgIpc) is 2.15. The van der Waals surface area contributed by atoms with Crippen molar-refractivity contribution in [1.29, 1.82) is 0 Å². The van der Waals surface area contributed by atoms with Gasteiger partial charge in [0.15, 0.2) is 0 Å². The molecule has 0 fully saturated rings. The zero-order valence-electron chi connectivity index (χ0n) is 9.23. The molecule has 0 radical (unpaired) electrons. The van der Waals surface area contributed by atoms with E-state index in [0.717, 1.165) is 0 Å². The standard InChI is InChI=1S/C10H16N2O3/c1-10(2,14)6-7-12-9(13)5-4-8(11-12)15-3/h4-5,14H,6-7H2,1-3H3. The molecule has 5 heteroatoms. The maximum absolute atomic E-state index is 11.4. The van der Waals surface area contributed by atoms with Gasteiger partial charge in [0.1, 0.15) is 0 Å². The predicted molar refractivity (Wildman–Crippen MR) is 56.0 cm³/mol. The molecule has 1 rings (SSSR count). The van der Waals surface area contributed by atoms with Crippen LogP contribution in [0.25, 0.3) is 0 Å². The summed E-state index contributed by atoms with van der Waals surface area (Å²) in [7, 11) is 1.49. The monoisotopic (exact) mass is 212 g/mol. The highest BCUT2D eigenvalue weighted by Crippen LogP contribution is 2.08. The van der Waals surface area contributed by atoms with Gasteiger partial charge in [-0.05, 0) is 20.3 Å². The van der Waals surface area contributed by atoms with Crippen molar-refractivity contribution in [2.24, 2.45) is 0 Å². The topological polar surface area (TPSA) is 64.3 Å². The molecule has 0 unspecified atom stereocenters. The Morgan fingerprint density at radius 2 is 2.20 bits per heavy atom. The first-order chi connectivity index (χ1) is 6.92. The fraction of sp³-hybridized carbons (Fsp3) is 0.600. The molecule has 0 saturated heterocycles. The van der Waals surface area contributed by atoms with Crippen LogP contribution >= 0.6 is 0 Å². The minimum absolute atomic E-state index is 0.194. The molecule has 0 spiro atoms. The lowest BCUT2D eigenvalue weighted by Crippen LogP contribution is -2.27. The van der Waals surface area contributed by atoms with Crippen molar-refractivity contribution < 1.29 is 9.84 Å². The molecule has 0 amide bonds. The van der Waals surface area contributed by atoms with Gasteiger partial charge in [0, 0.05) is 18.7 Å². The van der Waals surface area contributed by atoms with Gasteiger partial charge >= 0.3 is 0 Å². The van der Waals surface area contributed by atoms with Gasteiger partial charge < -0.3 is 9.84 Å². The van der Waals surface area contributed by atoms with Gasteiger partial charge in [0.25, 0.3) is 5.56 Å². The van der Waals surface area contributed by atoms with Gasteiger partial charge in [0.2, 0.25) is 5.88 Å². The van der Waals surface area contributed by atoms with Crippen LogP contribution in [0.4, 0.5) is 0 Å². The van der Waals surface area contributed by atoms with Gasteiger partial charge in [0.05, 0.1) is 12.7 Å². The Labute approximate surface area is 88.3 Å². The smallest absolute Gasteiger partial charge is 0.266 e. The zero-order valence-corrected chi connectivity index (χ0v) is 9.23. The molecule has 15 heavy (non-hydrogen) atoms. The van der Waals surface area contributed by atoms with Crippen molar-refractivity contribution in [2.75, 3.05) is 7.11 Å². The van der Waals surface area contributed by atoms with Gasteiger partial charge in [-0.3, -0.25) is 4.79 Å². The minimum atomic E-state index is -0.801. The van der Waals surface area contributed by atoms with E-state index in [1.807, 2.05) is 0 Å². The van der Waals surface area contributed by atoms with Crippen molar-refractivity contribution in [1.82, 2.24) is 9.78 Å². The van der Waals surface area contributed by atoms with Crippen LogP contribution in [0.2, 0.25) is 0 Å². The average molecular weight is 212 g/mol. The first kappa shape index (κ1) is 11.7. The van der Waals surface area contributed by atoms with Gasteiger partial charge in [-0.2, -0.15) is 0 Å². The first-order valence-corrected chi connectivity index (χ1v) is 4.77. The van der Waals surface area contributed by atoms with Crippen LogP contribution in [0, 0.1) is 0 Å². The summed E-state index contributed by atoms with van der Waals surface area (Å²) in [6, 6.07) is 2.92. The van der Waals surface area contributed by atoms with E-state index < -0.39 is 5.60 Å². The second kappa shape index (κ2) is 4.44. The third-order valence-corrected chi connectivity index (χ3v) is 1.99. The second-order valence-corrected chi connectivity index (χ2v) is 4.00. The largest absolute Gasteiger partial charge is 0.480 e. The summed E-state index contributed by atoms with van der Waals surface area (Å²) in [5.74, 6) is 0.394. The molecular formula is C10H16N2O3. The highest BCUT2D eigenvalue weighted by Gasteiger charge is 2.13. The molecule has 0 atom stereocenters. The van der Waals surface area contributed by atoms with Crippen LogP contribution in [0.1, 0.15) is 20.3 Å². The summed E-state index contributed by atoms with van der Waals surface area (Å²) < 4.78 is 6.20. The van der Waals surface area contributed by atoms with Crippen molar-refractivity contribution >= 4 is 0 Å². The van der Waals surface area contributed by atoms with E-state index in [-0.39, 0.29) is 5.56 Å². The van der Waals surface area contributed by atoms with Crippen LogP contribution in [0.3, 0.4) is 0 Å². The molecule has 1 heterocycles. The van der Waals surface area contributed by atoms with E-state index >= 15 is 0 Å². The number of aryl methyl sites for hydroxylation is 1. The molecular weight excluding hydrogens is 196 g/mol. The lowest BCUT2D eigenvalue weighted by atomic mass is 10.1. The first-order valence-electron chi connectivity index (χ1n) is 4.77. The van der Waals surface area contributed by atoms with Crippen molar-refractivity contribution in [2.45, 2.75) is 32.4 Å². The van der Waals surface area contributed by atoms with E-state index in [9.17, 15) is 9.90 Å². The lowest BCUT2D eigenvalue weighted by molar-refractivity contribution is 0.0644. The molecule has 1 N–H and O–H groups in total. The quantitative estimate of drug-likeness (QED) is 0.785. The summed E-state index contributed by atoms with van der Waals surface area (Å²) in [4.78, 5) is 11.4. The maximum Gasteiger partial charge on any atom is 0.266 e. The number of rotatable bonds is 4. The molecule has 84 valence electrons. The Kier molecular flexibility index (Phi) is 3.47. The highest BCUT2D eigenvalue weighted by molar-refractivity contribution is 5.05. The van der Waals surface area contributed by atoms with Crippen molar-refractivity contribution in [3.8, 4) is 5.88 Å². The highest BCUT2D eigenvalue weighted by atomic mass is 16.5. The summed E-state index contributed by atoms with van der Waals surface area (Å²) in [6.07, 6.45) is 0.465. The number of hydrogen-bond donors (Lipinski definition) is 1. The Balaban J connectivity index is 2.80. The Morgan fingerprint density at radius 1 is 1.53 bits per heavy atom. The Morgan fingerprint density at radius 3 is 2.73 bits per heavy atom. The van der Waals surface area contributed by atoms with E-state index in [0.29, 0.717) is 18.8 Å². The molecule has 0 aliphatic carbocycles. The fourth-order valence-electron chi connectivity index (χ4n) is 1.08. The lowest BCUT2D eigenvalue weighted by Gasteiger charge is -2.16. The molecule has 0 bridgehead atoms. The molecule has 1 aromatic heterocycles. The third kappa shape index (κ3) is 3.71. The number of methoxy groups -OCH3 is 1. The fourth-order valence-corrected chi connectivity index (χ4v) is 1.08. The Hall–Kier alpha value is -1.36. The van der Waals surface area contributed by atoms with E-state index in [2.05, 4.69) is 5.10 Å². The number of hydrogen-bond acceptors (Lipinski definition) is 4. The number of aliphatic hydroxyl groups is 1. The second-order valence-electron chi connectivity index (χ2n) is 4.00.